The lowest BCUT2D eigenvalue weighted by Crippen LogP contribution is -2.25. The molecule has 0 saturated heterocycles. The first-order valence-corrected chi connectivity index (χ1v) is 13.7. The molecule has 0 aliphatic heterocycles. The lowest BCUT2D eigenvalue weighted by atomic mass is 9.68. The molecule has 1 aromatic rings. The van der Waals surface area contributed by atoms with Gasteiger partial charge in [-0.15, -0.1) is 0 Å². The Morgan fingerprint density at radius 1 is 0.906 bits per heavy atom. The zero-order chi connectivity index (χ0) is 22.6. The van der Waals surface area contributed by atoms with Gasteiger partial charge in [-0.1, -0.05) is 75.8 Å². The second-order valence-corrected chi connectivity index (χ2v) is 10.5. The summed E-state index contributed by atoms with van der Waals surface area (Å²) in [4.78, 5) is 11.5. The molecule has 2 aliphatic rings. The topological polar surface area (TPSA) is 29.1 Å². The molecule has 0 heterocycles. The van der Waals surface area contributed by atoms with Crippen molar-refractivity contribution in [1.29, 1.82) is 0 Å². The zero-order valence-electron chi connectivity index (χ0n) is 20.8. The van der Waals surface area contributed by atoms with Gasteiger partial charge in [0.05, 0.1) is 0 Å². The van der Waals surface area contributed by atoms with E-state index in [1.54, 1.807) is 17.7 Å². The molecular weight excluding hydrogens is 390 g/mol. The molecule has 1 N–H and O–H groups in total. The highest BCUT2D eigenvalue weighted by molar-refractivity contribution is 5.87. The van der Waals surface area contributed by atoms with E-state index in [1.165, 1.54) is 82.6 Å². The Bertz CT molecular complexity index is 675. The average Bonchev–Trinajstić information content (AvgIpc) is 2.83. The van der Waals surface area contributed by atoms with Crippen molar-refractivity contribution in [2.24, 2.45) is 17.8 Å². The predicted octanol–water partition coefficient (Wildman–Crippen LogP) is 7.97. The normalized spacial score (nSPS) is 26.3. The van der Waals surface area contributed by atoms with Gasteiger partial charge >= 0.3 is 0 Å². The summed E-state index contributed by atoms with van der Waals surface area (Å²) in [5.74, 6) is 3.84. The maximum atomic E-state index is 11.5. The second kappa shape index (κ2) is 13.9. The highest BCUT2D eigenvalue weighted by atomic mass is 16.1. The third-order valence-electron chi connectivity index (χ3n) is 8.26. The monoisotopic (exact) mass is 437 g/mol. The van der Waals surface area contributed by atoms with Crippen LogP contribution in [0, 0.1) is 17.8 Å². The Balaban J connectivity index is 1.34. The molecule has 178 valence electrons. The van der Waals surface area contributed by atoms with Crippen LogP contribution in [0.25, 0.3) is 0 Å². The van der Waals surface area contributed by atoms with Crippen molar-refractivity contribution >= 4 is 5.91 Å². The van der Waals surface area contributed by atoms with Gasteiger partial charge in [-0.2, -0.15) is 0 Å². The smallest absolute Gasteiger partial charge is 0.243 e. The molecule has 0 spiro atoms. The van der Waals surface area contributed by atoms with Crippen molar-refractivity contribution in [2.75, 3.05) is 6.54 Å². The van der Waals surface area contributed by atoms with Gasteiger partial charge in [0.15, 0.2) is 0 Å². The minimum absolute atomic E-state index is 0.0125. The molecular formula is C30H47NO. The number of carbonyl (C=O) groups is 1. The molecule has 3 rings (SSSR count). The number of benzene rings is 1. The average molecular weight is 438 g/mol. The fraction of sp³-hybridized carbons (Fsp3) is 0.700. The SMILES string of the molecule is C/C=C/C(=O)NCCCc1ccc(C2CCC(C3CCC(CCCCC)CC3)CC2)cc1. The molecule has 2 nitrogen and oxygen atoms in total. The van der Waals surface area contributed by atoms with Crippen molar-refractivity contribution in [3.05, 3.63) is 47.5 Å². The standard InChI is InChI=1S/C30H47NO/c1-3-5-6-9-24-11-15-26(16-12-24)28-19-21-29(22-20-28)27-17-13-25(14-18-27)10-7-23-31-30(32)8-4-2/h4,8,13-14,17-18,24,26,28-29H,3,5-7,9-12,15-16,19-23H2,1-2H3,(H,31,32)/b8-4+. The number of amides is 1. The summed E-state index contributed by atoms with van der Waals surface area (Å²) in [6, 6.07) is 9.38. The van der Waals surface area contributed by atoms with Gasteiger partial charge in [0.25, 0.3) is 0 Å². The number of rotatable bonds is 11. The van der Waals surface area contributed by atoms with Gasteiger partial charge in [-0.25, -0.2) is 0 Å². The highest BCUT2D eigenvalue weighted by Crippen LogP contribution is 2.44. The van der Waals surface area contributed by atoms with Crippen molar-refractivity contribution in [3.63, 3.8) is 0 Å². The molecule has 2 fully saturated rings. The Kier molecular flexibility index (Phi) is 10.9. The van der Waals surface area contributed by atoms with Crippen LogP contribution in [-0.2, 0) is 11.2 Å². The fourth-order valence-electron chi connectivity index (χ4n) is 6.23. The van der Waals surface area contributed by atoms with Crippen LogP contribution >= 0.6 is 0 Å². The maximum absolute atomic E-state index is 11.5. The Labute approximate surface area is 197 Å². The first-order chi connectivity index (χ1) is 15.7. The van der Waals surface area contributed by atoms with E-state index < -0.39 is 0 Å². The molecule has 0 atom stereocenters. The van der Waals surface area contributed by atoms with Crippen LogP contribution in [0.4, 0.5) is 0 Å². The summed E-state index contributed by atoms with van der Waals surface area (Å²) in [7, 11) is 0. The van der Waals surface area contributed by atoms with E-state index in [0.29, 0.717) is 0 Å². The van der Waals surface area contributed by atoms with E-state index in [9.17, 15) is 4.79 Å². The summed E-state index contributed by atoms with van der Waals surface area (Å²) in [5.41, 5.74) is 2.94. The van der Waals surface area contributed by atoms with E-state index in [1.807, 2.05) is 6.92 Å². The van der Waals surface area contributed by atoms with Crippen LogP contribution in [0.3, 0.4) is 0 Å². The predicted molar refractivity (Wildman–Crippen MR) is 137 cm³/mol. The summed E-state index contributed by atoms with van der Waals surface area (Å²) < 4.78 is 0. The van der Waals surface area contributed by atoms with E-state index in [2.05, 4.69) is 36.5 Å². The van der Waals surface area contributed by atoms with Gasteiger partial charge in [-0.3, -0.25) is 4.79 Å². The number of unbranched alkanes of at least 4 members (excludes halogenated alkanes) is 2. The van der Waals surface area contributed by atoms with E-state index in [4.69, 9.17) is 0 Å². The van der Waals surface area contributed by atoms with Crippen molar-refractivity contribution in [3.8, 4) is 0 Å². The Hall–Kier alpha value is -1.57. The van der Waals surface area contributed by atoms with Crippen LogP contribution in [0.1, 0.15) is 114 Å². The summed E-state index contributed by atoms with van der Waals surface area (Å²) in [6.07, 6.45) is 22.8. The number of hydrogen-bond donors (Lipinski definition) is 1. The van der Waals surface area contributed by atoms with Crippen LogP contribution in [0.2, 0.25) is 0 Å². The summed E-state index contributed by atoms with van der Waals surface area (Å²) in [6.45, 7) is 4.93. The van der Waals surface area contributed by atoms with Crippen LogP contribution in [0.15, 0.2) is 36.4 Å². The number of hydrogen-bond acceptors (Lipinski definition) is 1. The number of carbonyl (C=O) groups excluding carboxylic acids is 1. The number of nitrogens with one attached hydrogen (secondary N) is 1. The van der Waals surface area contributed by atoms with Crippen molar-refractivity contribution in [2.45, 2.75) is 110 Å². The van der Waals surface area contributed by atoms with E-state index >= 15 is 0 Å². The molecule has 0 aromatic heterocycles. The van der Waals surface area contributed by atoms with Crippen LogP contribution in [0.5, 0.6) is 0 Å². The maximum Gasteiger partial charge on any atom is 0.243 e. The largest absolute Gasteiger partial charge is 0.353 e. The third kappa shape index (κ3) is 8.09. The van der Waals surface area contributed by atoms with Gasteiger partial charge in [-0.05, 0) is 99.2 Å². The van der Waals surface area contributed by atoms with Crippen LogP contribution < -0.4 is 5.32 Å². The van der Waals surface area contributed by atoms with E-state index in [-0.39, 0.29) is 5.91 Å². The van der Waals surface area contributed by atoms with Gasteiger partial charge in [0, 0.05) is 6.54 Å². The van der Waals surface area contributed by atoms with Crippen LogP contribution in [-0.4, -0.2) is 12.5 Å². The quantitative estimate of drug-likeness (QED) is 0.276. The Morgan fingerprint density at radius 2 is 1.56 bits per heavy atom. The number of aryl methyl sites for hydroxylation is 1. The molecule has 32 heavy (non-hydrogen) atoms. The lowest BCUT2D eigenvalue weighted by molar-refractivity contribution is -0.116. The van der Waals surface area contributed by atoms with Crippen molar-refractivity contribution < 1.29 is 4.79 Å². The summed E-state index contributed by atoms with van der Waals surface area (Å²) in [5, 5.41) is 2.94. The third-order valence-corrected chi connectivity index (χ3v) is 8.26. The molecule has 1 aromatic carbocycles. The molecule has 2 heteroatoms. The zero-order valence-corrected chi connectivity index (χ0v) is 20.8. The molecule has 0 bridgehead atoms. The lowest BCUT2D eigenvalue weighted by Gasteiger charge is -2.38. The van der Waals surface area contributed by atoms with E-state index in [0.717, 1.165) is 43.1 Å². The highest BCUT2D eigenvalue weighted by Gasteiger charge is 2.31. The first-order valence-electron chi connectivity index (χ1n) is 13.7. The minimum Gasteiger partial charge on any atom is -0.353 e. The molecule has 1 amide bonds. The fourth-order valence-corrected chi connectivity index (χ4v) is 6.23. The first kappa shape index (κ1) is 25.1. The van der Waals surface area contributed by atoms with Gasteiger partial charge < -0.3 is 5.32 Å². The molecule has 2 saturated carbocycles. The molecule has 2 aliphatic carbocycles. The van der Waals surface area contributed by atoms with Gasteiger partial charge in [0.1, 0.15) is 0 Å². The number of allylic oxidation sites excluding steroid dienone is 1. The Morgan fingerprint density at radius 3 is 2.19 bits per heavy atom. The minimum atomic E-state index is 0.0125. The van der Waals surface area contributed by atoms with Crippen molar-refractivity contribution in [1.82, 2.24) is 5.32 Å². The summed E-state index contributed by atoms with van der Waals surface area (Å²) >= 11 is 0. The molecule has 0 unspecified atom stereocenters. The van der Waals surface area contributed by atoms with Gasteiger partial charge in [0.2, 0.25) is 5.91 Å². The molecule has 0 radical (unpaired) electrons. The second-order valence-electron chi connectivity index (χ2n) is 10.5.